The first-order valence-electron chi connectivity index (χ1n) is 14.1. The zero-order chi connectivity index (χ0) is 30.2. The Morgan fingerprint density at radius 2 is 1.61 bits per heavy atom. The van der Waals surface area contributed by atoms with Crippen molar-refractivity contribution in [2.24, 2.45) is 5.92 Å². The maximum absolute atomic E-state index is 14.9. The van der Waals surface area contributed by atoms with E-state index in [1.54, 1.807) is 24.3 Å². The van der Waals surface area contributed by atoms with Gasteiger partial charge in [-0.2, -0.15) is 0 Å². The number of para-hydroxylation sites is 2. The zero-order valence-corrected chi connectivity index (χ0v) is 23.0. The van der Waals surface area contributed by atoms with E-state index in [1.165, 1.54) is 24.3 Å². The predicted molar refractivity (Wildman–Crippen MR) is 160 cm³/mol. The summed E-state index contributed by atoms with van der Waals surface area (Å²) >= 11 is 0. The SMILES string of the molecule is O=C(c1ccc([N+](=O)[O-])cc1)[C@@H]1[C@H](C(=O)c2ccc3c(c2)OCO3)[C@]2(C(=O)Nc3ccccc32)[C@H]2C=Cc3ccccc3N12. The van der Waals surface area contributed by atoms with Gasteiger partial charge in [-0.15, -0.1) is 0 Å². The van der Waals surface area contributed by atoms with Crippen LogP contribution in [-0.4, -0.2) is 41.3 Å². The van der Waals surface area contributed by atoms with E-state index in [4.69, 9.17) is 9.47 Å². The molecule has 216 valence electrons. The lowest BCUT2D eigenvalue weighted by atomic mass is 9.64. The van der Waals surface area contributed by atoms with Crippen LogP contribution >= 0.6 is 0 Å². The number of anilines is 2. The van der Waals surface area contributed by atoms with Gasteiger partial charge in [0, 0.05) is 34.6 Å². The number of Topliss-reactive ketones (excluding diaryl/α,β-unsaturated/α-hetero) is 2. The van der Waals surface area contributed by atoms with Crippen molar-refractivity contribution in [3.8, 4) is 11.5 Å². The Bertz CT molecular complexity index is 1950. The van der Waals surface area contributed by atoms with Crippen molar-refractivity contribution in [2.75, 3.05) is 17.0 Å². The van der Waals surface area contributed by atoms with Crippen LogP contribution in [-0.2, 0) is 10.2 Å². The summed E-state index contributed by atoms with van der Waals surface area (Å²) in [6.07, 6.45) is 3.82. The molecular formula is C34H23N3O7. The Hall–Kier alpha value is -5.77. The van der Waals surface area contributed by atoms with Crippen molar-refractivity contribution >= 4 is 40.6 Å². The van der Waals surface area contributed by atoms with E-state index in [0.29, 0.717) is 28.4 Å². The van der Waals surface area contributed by atoms with Crippen LogP contribution in [0.25, 0.3) is 6.08 Å². The smallest absolute Gasteiger partial charge is 0.269 e. The minimum atomic E-state index is -1.48. The largest absolute Gasteiger partial charge is 0.454 e. The van der Waals surface area contributed by atoms with E-state index in [1.807, 2.05) is 59.5 Å². The van der Waals surface area contributed by atoms with Gasteiger partial charge in [0.25, 0.3) is 5.69 Å². The molecule has 0 radical (unpaired) electrons. The number of nitro benzene ring substituents is 1. The fraction of sp³-hybridized carbons (Fsp3) is 0.147. The number of nitro groups is 1. The monoisotopic (exact) mass is 585 g/mol. The van der Waals surface area contributed by atoms with E-state index in [0.717, 1.165) is 5.56 Å². The fourth-order valence-electron chi connectivity index (χ4n) is 7.27. The highest BCUT2D eigenvalue weighted by Crippen LogP contribution is 2.58. The zero-order valence-electron chi connectivity index (χ0n) is 23.0. The molecule has 4 atom stereocenters. The van der Waals surface area contributed by atoms with Crippen LogP contribution in [0, 0.1) is 16.0 Å². The Balaban J connectivity index is 1.39. The molecule has 0 aromatic heterocycles. The first-order chi connectivity index (χ1) is 21.4. The highest BCUT2D eigenvalue weighted by Gasteiger charge is 2.70. The molecule has 0 unspecified atom stereocenters. The average molecular weight is 586 g/mol. The standard InChI is InChI=1S/C34H23N3O7/c38-31(21-11-15-26-27(17-21)44-18-43-26)29-30(32(39)20-9-13-22(14-10-20)37(41)42)36-25-8-4-1-5-19(25)12-16-28(36)34(29)23-6-2-3-7-24(23)35-33(34)40/h1-17,28-30H,18H2,(H,35,40)/t28-,29-,30+,34-/m1/s1. The molecular weight excluding hydrogens is 562 g/mol. The van der Waals surface area contributed by atoms with Gasteiger partial charge in [0.15, 0.2) is 23.1 Å². The van der Waals surface area contributed by atoms with Gasteiger partial charge in [0.05, 0.1) is 16.9 Å². The van der Waals surface area contributed by atoms with E-state index < -0.39 is 39.9 Å². The van der Waals surface area contributed by atoms with Crippen molar-refractivity contribution in [3.63, 3.8) is 0 Å². The van der Waals surface area contributed by atoms with E-state index in [-0.39, 0.29) is 29.5 Å². The molecule has 1 spiro atoms. The summed E-state index contributed by atoms with van der Waals surface area (Å²) in [5, 5.41) is 14.4. The van der Waals surface area contributed by atoms with Gasteiger partial charge in [-0.1, -0.05) is 48.6 Å². The molecule has 0 aliphatic carbocycles. The summed E-state index contributed by atoms with van der Waals surface area (Å²) < 4.78 is 11.0. The van der Waals surface area contributed by atoms with Crippen LogP contribution < -0.4 is 19.7 Å². The van der Waals surface area contributed by atoms with Gasteiger partial charge in [-0.3, -0.25) is 24.5 Å². The maximum Gasteiger partial charge on any atom is 0.269 e. The van der Waals surface area contributed by atoms with Crippen LogP contribution in [0.4, 0.5) is 17.1 Å². The van der Waals surface area contributed by atoms with Crippen molar-refractivity contribution in [1.29, 1.82) is 0 Å². The quantitative estimate of drug-likeness (QED) is 0.193. The minimum Gasteiger partial charge on any atom is -0.454 e. The summed E-state index contributed by atoms with van der Waals surface area (Å²) in [6, 6.07) is 23.1. The second kappa shape index (κ2) is 9.37. The summed E-state index contributed by atoms with van der Waals surface area (Å²) in [6.45, 7) is 0.0226. The van der Waals surface area contributed by atoms with Crippen molar-refractivity contribution in [1.82, 2.24) is 0 Å². The summed E-state index contributed by atoms with van der Waals surface area (Å²) in [7, 11) is 0. The van der Waals surface area contributed by atoms with E-state index >= 15 is 0 Å². The van der Waals surface area contributed by atoms with E-state index in [2.05, 4.69) is 5.32 Å². The maximum atomic E-state index is 14.9. The fourth-order valence-corrected chi connectivity index (χ4v) is 7.27. The first-order valence-corrected chi connectivity index (χ1v) is 14.1. The average Bonchev–Trinajstić information content (AvgIpc) is 3.73. The Morgan fingerprint density at radius 1 is 0.886 bits per heavy atom. The van der Waals surface area contributed by atoms with Gasteiger partial charge in [-0.25, -0.2) is 0 Å². The van der Waals surface area contributed by atoms with Crippen molar-refractivity contribution in [3.05, 3.63) is 129 Å². The van der Waals surface area contributed by atoms with Crippen LogP contribution in [0.2, 0.25) is 0 Å². The lowest BCUT2D eigenvalue weighted by Crippen LogP contribution is -2.51. The van der Waals surface area contributed by atoms with Crippen LogP contribution in [0.1, 0.15) is 31.8 Å². The number of hydrogen-bond acceptors (Lipinski definition) is 8. The predicted octanol–water partition coefficient (Wildman–Crippen LogP) is 5.18. The van der Waals surface area contributed by atoms with Gasteiger partial charge < -0.3 is 19.7 Å². The molecule has 1 fully saturated rings. The number of carbonyl (C=O) groups is 3. The normalized spacial score (nSPS) is 23.6. The molecule has 44 heavy (non-hydrogen) atoms. The number of ketones is 2. The summed E-state index contributed by atoms with van der Waals surface area (Å²) in [5.41, 5.74) is 1.58. The molecule has 4 aromatic rings. The molecule has 10 nitrogen and oxygen atoms in total. The number of carbonyl (C=O) groups excluding carboxylic acids is 3. The third kappa shape index (κ3) is 3.45. The van der Waals surface area contributed by atoms with Crippen molar-refractivity contribution in [2.45, 2.75) is 17.5 Å². The number of benzene rings is 4. The summed E-state index contributed by atoms with van der Waals surface area (Å²) in [5.74, 6) is -1.50. The van der Waals surface area contributed by atoms with Gasteiger partial charge in [-0.05, 0) is 53.6 Å². The second-order valence-corrected chi connectivity index (χ2v) is 11.2. The minimum absolute atomic E-state index is 0.0226. The highest BCUT2D eigenvalue weighted by atomic mass is 16.7. The Labute approximate surface area is 250 Å². The van der Waals surface area contributed by atoms with Crippen LogP contribution in [0.3, 0.4) is 0 Å². The Kier molecular flexibility index (Phi) is 5.51. The lowest BCUT2D eigenvalue weighted by Gasteiger charge is -2.37. The number of rotatable bonds is 5. The van der Waals surface area contributed by atoms with Gasteiger partial charge in [0.1, 0.15) is 11.5 Å². The van der Waals surface area contributed by atoms with Crippen molar-refractivity contribution < 1.29 is 28.8 Å². The van der Waals surface area contributed by atoms with Gasteiger partial charge in [0.2, 0.25) is 12.7 Å². The molecule has 1 N–H and O–H groups in total. The number of non-ortho nitro benzene ring substituents is 1. The molecule has 4 aliphatic rings. The van der Waals surface area contributed by atoms with Gasteiger partial charge >= 0.3 is 0 Å². The lowest BCUT2D eigenvalue weighted by molar-refractivity contribution is -0.384. The number of ether oxygens (including phenoxy) is 2. The second-order valence-electron chi connectivity index (χ2n) is 11.2. The molecule has 4 aliphatic heterocycles. The number of hydrogen-bond donors (Lipinski definition) is 1. The molecule has 1 amide bonds. The highest BCUT2D eigenvalue weighted by molar-refractivity contribution is 6.18. The molecule has 0 bridgehead atoms. The third-order valence-electron chi connectivity index (χ3n) is 9.11. The summed E-state index contributed by atoms with van der Waals surface area (Å²) in [4.78, 5) is 56.8. The Morgan fingerprint density at radius 3 is 2.43 bits per heavy atom. The van der Waals surface area contributed by atoms with Crippen LogP contribution in [0.15, 0.2) is 97.1 Å². The molecule has 10 heteroatoms. The first kappa shape index (κ1) is 25.9. The number of nitrogens with zero attached hydrogens (tertiary/aromatic N) is 2. The number of amides is 1. The molecule has 1 saturated heterocycles. The molecule has 4 aromatic carbocycles. The number of nitrogens with one attached hydrogen (secondary N) is 1. The third-order valence-corrected chi connectivity index (χ3v) is 9.11. The number of fused-ring (bicyclic) bond motifs is 7. The molecule has 8 rings (SSSR count). The molecule has 0 saturated carbocycles. The molecule has 4 heterocycles. The van der Waals surface area contributed by atoms with E-state index in [9.17, 15) is 24.5 Å². The topological polar surface area (TPSA) is 128 Å². The van der Waals surface area contributed by atoms with Crippen LogP contribution in [0.5, 0.6) is 11.5 Å².